The van der Waals surface area contributed by atoms with Gasteiger partial charge in [-0.2, -0.15) is 4.98 Å². The lowest BCUT2D eigenvalue weighted by atomic mass is 10.2. The summed E-state index contributed by atoms with van der Waals surface area (Å²) < 4.78 is 5.37. The number of fused-ring (bicyclic) bond motifs is 1. The molecule has 1 aliphatic rings. The van der Waals surface area contributed by atoms with Crippen molar-refractivity contribution in [3.05, 3.63) is 42.2 Å². The molecule has 1 aromatic carbocycles. The molecule has 8 heteroatoms. The highest BCUT2D eigenvalue weighted by Gasteiger charge is 2.26. The standard InChI is InChI=1S/C21H24N6O2/c1-13-4-5-15(11-22-13)24-21-25-19-10-17(29-3)6-7-18(19)20(26-21)27-9-8-16(12-27)23-14(2)28/h4-7,10-11,16H,8-9,12H2,1-3H3,(H,23,28)(H,24,25,26). The van der Waals surface area contributed by atoms with Gasteiger partial charge in [0.25, 0.3) is 0 Å². The topological polar surface area (TPSA) is 92.3 Å². The first-order chi connectivity index (χ1) is 14.0. The zero-order valence-electron chi connectivity index (χ0n) is 16.8. The highest BCUT2D eigenvalue weighted by molar-refractivity contribution is 5.92. The van der Waals surface area contributed by atoms with Crippen LogP contribution in [-0.2, 0) is 4.79 Å². The number of rotatable bonds is 5. The van der Waals surface area contributed by atoms with Crippen molar-refractivity contribution in [1.29, 1.82) is 0 Å². The van der Waals surface area contributed by atoms with E-state index in [1.54, 1.807) is 20.2 Å². The number of hydrogen-bond donors (Lipinski definition) is 2. The SMILES string of the molecule is COc1ccc2c(N3CCC(NC(C)=O)C3)nc(Nc3ccc(C)nc3)nc2c1. The van der Waals surface area contributed by atoms with Gasteiger partial charge in [0.15, 0.2) is 0 Å². The van der Waals surface area contributed by atoms with Crippen molar-refractivity contribution in [2.24, 2.45) is 0 Å². The lowest BCUT2D eigenvalue weighted by Gasteiger charge is -2.21. The Labute approximate surface area is 169 Å². The number of carbonyl (C=O) groups excluding carboxylic acids is 1. The molecule has 0 bridgehead atoms. The number of amides is 1. The Morgan fingerprint density at radius 1 is 1.24 bits per heavy atom. The molecule has 1 atom stereocenters. The molecule has 3 heterocycles. The maximum atomic E-state index is 11.4. The quantitative estimate of drug-likeness (QED) is 0.690. The van der Waals surface area contributed by atoms with E-state index in [0.29, 0.717) is 12.5 Å². The molecule has 1 amide bonds. The van der Waals surface area contributed by atoms with Crippen LogP contribution in [-0.4, -0.2) is 47.1 Å². The second-order valence-electron chi connectivity index (χ2n) is 7.20. The number of aromatic nitrogens is 3. The van der Waals surface area contributed by atoms with E-state index in [0.717, 1.165) is 46.8 Å². The Hall–Kier alpha value is -3.42. The van der Waals surface area contributed by atoms with E-state index in [1.165, 1.54) is 0 Å². The van der Waals surface area contributed by atoms with Gasteiger partial charge in [0.05, 0.1) is 24.5 Å². The number of pyridine rings is 1. The van der Waals surface area contributed by atoms with Crippen LogP contribution in [0.2, 0.25) is 0 Å². The van der Waals surface area contributed by atoms with Crippen LogP contribution >= 0.6 is 0 Å². The second kappa shape index (κ2) is 7.90. The van der Waals surface area contributed by atoms with Crippen LogP contribution in [0.15, 0.2) is 36.5 Å². The van der Waals surface area contributed by atoms with Crippen LogP contribution in [0.5, 0.6) is 5.75 Å². The summed E-state index contributed by atoms with van der Waals surface area (Å²) in [5.74, 6) is 2.06. The number of aryl methyl sites for hydroxylation is 1. The molecule has 8 nitrogen and oxygen atoms in total. The van der Waals surface area contributed by atoms with Crippen molar-refractivity contribution in [2.45, 2.75) is 26.3 Å². The molecule has 150 valence electrons. The summed E-state index contributed by atoms with van der Waals surface area (Å²) in [4.78, 5) is 27.4. The largest absolute Gasteiger partial charge is 0.497 e. The first-order valence-electron chi connectivity index (χ1n) is 9.59. The number of hydrogen-bond acceptors (Lipinski definition) is 7. The van der Waals surface area contributed by atoms with Gasteiger partial charge in [0.1, 0.15) is 11.6 Å². The van der Waals surface area contributed by atoms with Crippen LogP contribution in [0.25, 0.3) is 10.9 Å². The minimum absolute atomic E-state index is 0.0108. The fourth-order valence-electron chi connectivity index (χ4n) is 3.55. The van der Waals surface area contributed by atoms with E-state index in [-0.39, 0.29) is 11.9 Å². The van der Waals surface area contributed by atoms with Crippen molar-refractivity contribution in [2.75, 3.05) is 30.4 Å². The van der Waals surface area contributed by atoms with Gasteiger partial charge >= 0.3 is 0 Å². The fourth-order valence-corrected chi connectivity index (χ4v) is 3.55. The van der Waals surface area contributed by atoms with E-state index >= 15 is 0 Å². The molecular formula is C21H24N6O2. The summed E-state index contributed by atoms with van der Waals surface area (Å²) in [7, 11) is 1.64. The van der Waals surface area contributed by atoms with Crippen LogP contribution in [0.4, 0.5) is 17.5 Å². The van der Waals surface area contributed by atoms with Gasteiger partial charge in [-0.05, 0) is 37.6 Å². The molecule has 0 radical (unpaired) electrons. The fraction of sp³-hybridized carbons (Fsp3) is 0.333. The summed E-state index contributed by atoms with van der Waals surface area (Å²) >= 11 is 0. The zero-order chi connectivity index (χ0) is 20.4. The van der Waals surface area contributed by atoms with Crippen LogP contribution < -0.4 is 20.3 Å². The number of methoxy groups -OCH3 is 1. The number of carbonyl (C=O) groups is 1. The van der Waals surface area contributed by atoms with Crippen LogP contribution in [0, 0.1) is 6.92 Å². The molecule has 0 spiro atoms. The Kier molecular flexibility index (Phi) is 5.16. The molecule has 2 aromatic heterocycles. The third-order valence-electron chi connectivity index (χ3n) is 4.95. The zero-order valence-corrected chi connectivity index (χ0v) is 16.8. The van der Waals surface area contributed by atoms with Crippen molar-refractivity contribution in [1.82, 2.24) is 20.3 Å². The molecule has 1 aliphatic heterocycles. The number of ether oxygens (including phenoxy) is 1. The maximum Gasteiger partial charge on any atom is 0.229 e. The molecular weight excluding hydrogens is 368 g/mol. The maximum absolute atomic E-state index is 11.4. The minimum atomic E-state index is -0.0108. The number of anilines is 3. The molecule has 0 saturated carbocycles. The minimum Gasteiger partial charge on any atom is -0.497 e. The highest BCUT2D eigenvalue weighted by Crippen LogP contribution is 2.31. The molecule has 3 aromatic rings. The Morgan fingerprint density at radius 2 is 2.10 bits per heavy atom. The van der Waals surface area contributed by atoms with E-state index in [9.17, 15) is 4.79 Å². The summed E-state index contributed by atoms with van der Waals surface area (Å²) in [5, 5.41) is 7.19. The second-order valence-corrected chi connectivity index (χ2v) is 7.20. The van der Waals surface area contributed by atoms with Gasteiger partial charge < -0.3 is 20.3 Å². The molecule has 1 fully saturated rings. The molecule has 2 N–H and O–H groups in total. The van der Waals surface area contributed by atoms with Crippen LogP contribution in [0.1, 0.15) is 19.0 Å². The van der Waals surface area contributed by atoms with Crippen molar-refractivity contribution >= 4 is 34.3 Å². The molecule has 1 unspecified atom stereocenters. The molecule has 4 rings (SSSR count). The van der Waals surface area contributed by atoms with Gasteiger partial charge in [-0.15, -0.1) is 0 Å². The normalized spacial score (nSPS) is 16.1. The molecule has 1 saturated heterocycles. The smallest absolute Gasteiger partial charge is 0.229 e. The monoisotopic (exact) mass is 392 g/mol. The lowest BCUT2D eigenvalue weighted by Crippen LogP contribution is -2.35. The summed E-state index contributed by atoms with van der Waals surface area (Å²) in [5.41, 5.74) is 2.56. The van der Waals surface area contributed by atoms with E-state index in [4.69, 9.17) is 9.72 Å². The van der Waals surface area contributed by atoms with Gasteiger partial charge in [-0.3, -0.25) is 9.78 Å². The number of nitrogens with one attached hydrogen (secondary N) is 2. The van der Waals surface area contributed by atoms with Crippen LogP contribution in [0.3, 0.4) is 0 Å². The van der Waals surface area contributed by atoms with E-state index in [1.807, 2.05) is 37.3 Å². The number of nitrogens with zero attached hydrogens (tertiary/aromatic N) is 4. The van der Waals surface area contributed by atoms with Crippen molar-refractivity contribution < 1.29 is 9.53 Å². The summed E-state index contributed by atoms with van der Waals surface area (Å²) in [6.07, 6.45) is 2.64. The Balaban J connectivity index is 1.71. The third kappa shape index (κ3) is 4.21. The van der Waals surface area contributed by atoms with E-state index in [2.05, 4.69) is 25.5 Å². The third-order valence-corrected chi connectivity index (χ3v) is 4.95. The Bertz CT molecular complexity index is 1040. The molecule has 29 heavy (non-hydrogen) atoms. The van der Waals surface area contributed by atoms with Crippen molar-refractivity contribution in [3.63, 3.8) is 0 Å². The first kappa shape index (κ1) is 18.9. The average Bonchev–Trinajstić information content (AvgIpc) is 3.16. The Morgan fingerprint density at radius 3 is 2.83 bits per heavy atom. The lowest BCUT2D eigenvalue weighted by molar-refractivity contribution is -0.119. The predicted octanol–water partition coefficient (Wildman–Crippen LogP) is 2.80. The number of benzene rings is 1. The van der Waals surface area contributed by atoms with E-state index < -0.39 is 0 Å². The average molecular weight is 392 g/mol. The van der Waals surface area contributed by atoms with Crippen molar-refractivity contribution in [3.8, 4) is 5.75 Å². The highest BCUT2D eigenvalue weighted by atomic mass is 16.5. The molecule has 0 aliphatic carbocycles. The van der Waals surface area contributed by atoms with Gasteiger partial charge in [-0.25, -0.2) is 4.98 Å². The van der Waals surface area contributed by atoms with Gasteiger partial charge in [0.2, 0.25) is 11.9 Å². The van der Waals surface area contributed by atoms with Gasteiger partial charge in [-0.1, -0.05) is 0 Å². The summed E-state index contributed by atoms with van der Waals surface area (Å²) in [6, 6.07) is 9.80. The first-order valence-corrected chi connectivity index (χ1v) is 9.59. The van der Waals surface area contributed by atoms with Gasteiger partial charge in [0, 0.05) is 43.2 Å². The summed E-state index contributed by atoms with van der Waals surface area (Å²) in [6.45, 7) is 5.02. The predicted molar refractivity (Wildman–Crippen MR) is 113 cm³/mol.